The molecule has 0 bridgehead atoms. The van der Waals surface area contributed by atoms with Gasteiger partial charge in [-0.05, 0) is 48.3 Å². The van der Waals surface area contributed by atoms with E-state index >= 15 is 0 Å². The molecule has 0 saturated heterocycles. The number of nitrogens with zero attached hydrogens (tertiary/aromatic N) is 1. The van der Waals surface area contributed by atoms with Gasteiger partial charge in [0, 0.05) is 18.1 Å². The van der Waals surface area contributed by atoms with Crippen LogP contribution in [-0.2, 0) is 6.54 Å². The summed E-state index contributed by atoms with van der Waals surface area (Å²) >= 11 is 0. The van der Waals surface area contributed by atoms with Crippen molar-refractivity contribution in [2.75, 3.05) is 7.05 Å². The Kier molecular flexibility index (Phi) is 3.71. The lowest BCUT2D eigenvalue weighted by molar-refractivity contribution is 0.465. The number of phenolic OH excluding ortho intramolecular Hbond substituents is 1. The van der Waals surface area contributed by atoms with E-state index in [-0.39, 0.29) is 5.75 Å². The Balaban J connectivity index is 1.92. The number of aromatic nitrogens is 1. The third kappa shape index (κ3) is 2.95. The minimum Gasteiger partial charge on any atom is -0.508 e. The Labute approximate surface area is 123 Å². The van der Waals surface area contributed by atoms with E-state index in [2.05, 4.69) is 10.3 Å². The number of benzene rings is 2. The minimum absolute atomic E-state index is 0.199. The van der Waals surface area contributed by atoms with Crippen LogP contribution < -0.4 is 10.1 Å². The largest absolute Gasteiger partial charge is 0.508 e. The Bertz CT molecular complexity index is 754. The highest BCUT2D eigenvalue weighted by Gasteiger charge is 2.06. The molecule has 2 aromatic carbocycles. The lowest BCUT2D eigenvalue weighted by Crippen LogP contribution is -2.04. The van der Waals surface area contributed by atoms with Crippen LogP contribution in [0, 0.1) is 0 Å². The quantitative estimate of drug-likeness (QED) is 0.768. The van der Waals surface area contributed by atoms with Gasteiger partial charge in [-0.15, -0.1) is 0 Å². The van der Waals surface area contributed by atoms with Crippen LogP contribution in [0.25, 0.3) is 10.8 Å². The van der Waals surface area contributed by atoms with E-state index in [1.54, 1.807) is 18.3 Å². The molecule has 0 aliphatic rings. The maximum atomic E-state index is 9.63. The molecule has 3 rings (SSSR count). The molecule has 0 spiro atoms. The second-order valence-corrected chi connectivity index (χ2v) is 4.80. The van der Waals surface area contributed by atoms with Gasteiger partial charge in [-0.25, -0.2) is 4.98 Å². The van der Waals surface area contributed by atoms with Gasteiger partial charge in [-0.3, -0.25) is 0 Å². The zero-order chi connectivity index (χ0) is 14.7. The molecule has 0 amide bonds. The number of hydrogen-bond donors (Lipinski definition) is 2. The standard InChI is InChI=1S/C17H16N2O2/c1-18-11-12-2-6-15(7-3-12)21-17-16-10-14(20)5-4-13(16)8-9-19-17/h2-10,18,20H,11H2,1H3. The SMILES string of the molecule is CNCc1ccc(Oc2nccc3ccc(O)cc23)cc1. The average Bonchev–Trinajstić information content (AvgIpc) is 2.50. The average molecular weight is 280 g/mol. The van der Waals surface area contributed by atoms with Crippen LogP contribution in [0.2, 0.25) is 0 Å². The first-order valence-electron chi connectivity index (χ1n) is 6.75. The molecule has 0 atom stereocenters. The van der Waals surface area contributed by atoms with Gasteiger partial charge in [-0.2, -0.15) is 0 Å². The minimum atomic E-state index is 0.199. The fourth-order valence-electron chi connectivity index (χ4n) is 2.20. The van der Waals surface area contributed by atoms with Gasteiger partial charge in [-0.1, -0.05) is 18.2 Å². The molecule has 106 valence electrons. The van der Waals surface area contributed by atoms with E-state index in [0.29, 0.717) is 5.88 Å². The summed E-state index contributed by atoms with van der Waals surface area (Å²) in [5.41, 5.74) is 1.19. The molecule has 4 nitrogen and oxygen atoms in total. The normalized spacial score (nSPS) is 10.7. The third-order valence-electron chi connectivity index (χ3n) is 3.23. The molecule has 0 aliphatic carbocycles. The summed E-state index contributed by atoms with van der Waals surface area (Å²) in [6.45, 7) is 0.820. The van der Waals surface area contributed by atoms with Crippen molar-refractivity contribution in [3.8, 4) is 17.4 Å². The zero-order valence-electron chi connectivity index (χ0n) is 11.7. The molecule has 0 unspecified atom stereocenters. The number of rotatable bonds is 4. The number of phenols is 1. The number of nitrogens with one attached hydrogen (secondary N) is 1. The number of ether oxygens (including phenoxy) is 1. The molecular weight excluding hydrogens is 264 g/mol. The van der Waals surface area contributed by atoms with Crippen LogP contribution >= 0.6 is 0 Å². The van der Waals surface area contributed by atoms with Crippen molar-refractivity contribution in [3.05, 3.63) is 60.3 Å². The number of fused-ring (bicyclic) bond motifs is 1. The summed E-state index contributed by atoms with van der Waals surface area (Å²) < 4.78 is 5.84. The summed E-state index contributed by atoms with van der Waals surface area (Å²) in [5, 5.41) is 14.5. The third-order valence-corrected chi connectivity index (χ3v) is 3.23. The molecule has 21 heavy (non-hydrogen) atoms. The van der Waals surface area contributed by atoms with Crippen LogP contribution in [0.3, 0.4) is 0 Å². The molecule has 1 heterocycles. The highest BCUT2D eigenvalue weighted by atomic mass is 16.5. The van der Waals surface area contributed by atoms with Crippen LogP contribution in [0.5, 0.6) is 17.4 Å². The van der Waals surface area contributed by atoms with Gasteiger partial charge >= 0.3 is 0 Å². The Hall–Kier alpha value is -2.59. The highest BCUT2D eigenvalue weighted by Crippen LogP contribution is 2.30. The molecule has 4 heteroatoms. The monoisotopic (exact) mass is 280 g/mol. The fraction of sp³-hybridized carbons (Fsp3) is 0.118. The Morgan fingerprint density at radius 2 is 1.90 bits per heavy atom. The topological polar surface area (TPSA) is 54.4 Å². The maximum Gasteiger partial charge on any atom is 0.227 e. The molecule has 3 aromatic rings. The lowest BCUT2D eigenvalue weighted by Gasteiger charge is -2.09. The second kappa shape index (κ2) is 5.81. The fourth-order valence-corrected chi connectivity index (χ4v) is 2.20. The van der Waals surface area contributed by atoms with Gasteiger partial charge in [0.05, 0.1) is 0 Å². The summed E-state index contributed by atoms with van der Waals surface area (Å²) in [7, 11) is 1.91. The van der Waals surface area contributed by atoms with Gasteiger partial charge in [0.1, 0.15) is 11.5 Å². The number of hydrogen-bond acceptors (Lipinski definition) is 4. The smallest absolute Gasteiger partial charge is 0.227 e. The van der Waals surface area contributed by atoms with Gasteiger partial charge in [0.15, 0.2) is 0 Å². The Morgan fingerprint density at radius 1 is 1.10 bits per heavy atom. The van der Waals surface area contributed by atoms with Crippen LogP contribution in [0.1, 0.15) is 5.56 Å². The summed E-state index contributed by atoms with van der Waals surface area (Å²) in [6, 6.07) is 14.9. The van der Waals surface area contributed by atoms with E-state index in [9.17, 15) is 5.11 Å². The summed E-state index contributed by atoms with van der Waals surface area (Å²) in [5.74, 6) is 1.41. The van der Waals surface area contributed by atoms with Crippen LogP contribution in [0.15, 0.2) is 54.7 Å². The van der Waals surface area contributed by atoms with E-state index in [1.165, 1.54) is 5.56 Å². The molecule has 0 fully saturated rings. The second-order valence-electron chi connectivity index (χ2n) is 4.80. The van der Waals surface area contributed by atoms with Crippen molar-refractivity contribution in [3.63, 3.8) is 0 Å². The summed E-state index contributed by atoms with van der Waals surface area (Å²) in [6.07, 6.45) is 1.70. The van der Waals surface area contributed by atoms with E-state index < -0.39 is 0 Å². The molecule has 1 aromatic heterocycles. The maximum absolute atomic E-state index is 9.63. The molecule has 0 aliphatic heterocycles. The van der Waals surface area contributed by atoms with Crippen molar-refractivity contribution in [2.45, 2.75) is 6.54 Å². The molecular formula is C17H16N2O2. The molecule has 0 saturated carbocycles. The summed E-state index contributed by atoms with van der Waals surface area (Å²) in [4.78, 5) is 4.26. The molecule has 2 N–H and O–H groups in total. The predicted octanol–water partition coefficient (Wildman–Crippen LogP) is 3.45. The van der Waals surface area contributed by atoms with Crippen molar-refractivity contribution >= 4 is 10.8 Å². The van der Waals surface area contributed by atoms with Gasteiger partial charge in [0.2, 0.25) is 5.88 Å². The van der Waals surface area contributed by atoms with Crippen LogP contribution in [-0.4, -0.2) is 17.1 Å². The first kappa shape index (κ1) is 13.4. The van der Waals surface area contributed by atoms with Crippen LogP contribution in [0.4, 0.5) is 0 Å². The first-order chi connectivity index (χ1) is 10.3. The van der Waals surface area contributed by atoms with E-state index in [1.807, 2.05) is 43.4 Å². The van der Waals surface area contributed by atoms with Gasteiger partial charge in [0.25, 0.3) is 0 Å². The van der Waals surface area contributed by atoms with E-state index in [0.717, 1.165) is 23.1 Å². The predicted molar refractivity (Wildman–Crippen MR) is 82.7 cm³/mol. The first-order valence-corrected chi connectivity index (χ1v) is 6.75. The lowest BCUT2D eigenvalue weighted by atomic mass is 10.1. The van der Waals surface area contributed by atoms with Crippen molar-refractivity contribution in [1.82, 2.24) is 10.3 Å². The van der Waals surface area contributed by atoms with Crippen molar-refractivity contribution < 1.29 is 9.84 Å². The van der Waals surface area contributed by atoms with Crippen molar-refractivity contribution in [2.24, 2.45) is 0 Å². The van der Waals surface area contributed by atoms with E-state index in [4.69, 9.17) is 4.74 Å². The highest BCUT2D eigenvalue weighted by molar-refractivity contribution is 5.88. The van der Waals surface area contributed by atoms with Gasteiger partial charge < -0.3 is 15.2 Å². The number of pyridine rings is 1. The number of aromatic hydroxyl groups is 1. The zero-order valence-corrected chi connectivity index (χ0v) is 11.7. The Morgan fingerprint density at radius 3 is 2.67 bits per heavy atom. The molecule has 0 radical (unpaired) electrons. The van der Waals surface area contributed by atoms with Crippen molar-refractivity contribution in [1.29, 1.82) is 0 Å².